The van der Waals surface area contributed by atoms with Crippen LogP contribution in [-0.2, 0) is 19.6 Å². The molecule has 29 heavy (non-hydrogen) atoms. The molecular formula is C19H24N2O7S. The van der Waals surface area contributed by atoms with E-state index in [1.54, 1.807) is 20.8 Å². The number of rotatable bonds is 7. The number of esters is 1. The van der Waals surface area contributed by atoms with Crippen LogP contribution in [0, 0.1) is 0 Å². The van der Waals surface area contributed by atoms with E-state index >= 15 is 0 Å². The summed E-state index contributed by atoms with van der Waals surface area (Å²) in [6.07, 6.45) is 1.48. The van der Waals surface area contributed by atoms with E-state index < -0.39 is 39.3 Å². The van der Waals surface area contributed by atoms with Gasteiger partial charge in [-0.3, -0.25) is 24.0 Å². The van der Waals surface area contributed by atoms with Gasteiger partial charge < -0.3 is 4.74 Å². The Balaban J connectivity index is 1.99. The summed E-state index contributed by atoms with van der Waals surface area (Å²) in [6.45, 7) is 5.26. The number of benzene rings is 1. The van der Waals surface area contributed by atoms with Crippen molar-refractivity contribution in [2.24, 2.45) is 0 Å². The molecule has 1 N–H and O–H groups in total. The van der Waals surface area contributed by atoms with Crippen molar-refractivity contribution in [2.75, 3.05) is 12.8 Å². The van der Waals surface area contributed by atoms with Gasteiger partial charge in [0, 0.05) is 13.0 Å². The highest BCUT2D eigenvalue weighted by atomic mass is 32.2. The SMILES string of the molecule is CC(C)(C)OC(=O)c1ccc2c(c1)C(=O)N(CCCCC(=O)NS(C)(=O)=O)C2=O. The Labute approximate surface area is 169 Å². The number of sulfonamides is 1. The third kappa shape index (κ3) is 6.11. The van der Waals surface area contributed by atoms with E-state index in [1.807, 2.05) is 4.72 Å². The molecule has 0 aromatic heterocycles. The summed E-state index contributed by atoms with van der Waals surface area (Å²) in [7, 11) is -3.61. The molecule has 0 saturated carbocycles. The second-order valence-electron chi connectivity index (χ2n) is 7.78. The number of unbranched alkanes of at least 4 members (excludes halogenated alkanes) is 1. The molecule has 9 nitrogen and oxygen atoms in total. The summed E-state index contributed by atoms with van der Waals surface area (Å²) in [5.74, 6) is -2.22. The maximum atomic E-state index is 12.6. The van der Waals surface area contributed by atoms with Gasteiger partial charge in [-0.15, -0.1) is 0 Å². The number of nitrogens with one attached hydrogen (secondary N) is 1. The molecule has 0 fully saturated rings. The van der Waals surface area contributed by atoms with Gasteiger partial charge in [-0.25, -0.2) is 13.2 Å². The maximum absolute atomic E-state index is 12.6. The van der Waals surface area contributed by atoms with Crippen LogP contribution in [0.5, 0.6) is 0 Å². The first-order valence-corrected chi connectivity index (χ1v) is 10.9. The number of amides is 3. The van der Waals surface area contributed by atoms with E-state index in [-0.39, 0.29) is 29.7 Å². The van der Waals surface area contributed by atoms with E-state index in [0.717, 1.165) is 11.2 Å². The number of fused-ring (bicyclic) bond motifs is 1. The Bertz CT molecular complexity index is 961. The van der Waals surface area contributed by atoms with Crippen molar-refractivity contribution < 1.29 is 32.3 Å². The first-order chi connectivity index (χ1) is 13.3. The lowest BCUT2D eigenvalue weighted by atomic mass is 10.1. The third-order valence-corrected chi connectivity index (χ3v) is 4.54. The summed E-state index contributed by atoms with van der Waals surface area (Å²) in [4.78, 5) is 49.8. The highest BCUT2D eigenvalue weighted by Gasteiger charge is 2.36. The van der Waals surface area contributed by atoms with Gasteiger partial charge in [0.1, 0.15) is 5.60 Å². The van der Waals surface area contributed by atoms with Gasteiger partial charge in [-0.2, -0.15) is 0 Å². The van der Waals surface area contributed by atoms with Gasteiger partial charge in [-0.05, 0) is 51.8 Å². The molecule has 0 bridgehead atoms. The number of carbonyl (C=O) groups excluding carboxylic acids is 4. The minimum atomic E-state index is -3.61. The molecule has 3 amide bonds. The van der Waals surface area contributed by atoms with Crippen molar-refractivity contribution in [3.05, 3.63) is 34.9 Å². The molecule has 0 atom stereocenters. The van der Waals surface area contributed by atoms with Crippen LogP contribution in [0.15, 0.2) is 18.2 Å². The molecule has 1 aromatic rings. The Kier molecular flexibility index (Phi) is 6.46. The van der Waals surface area contributed by atoms with Crippen LogP contribution in [0.2, 0.25) is 0 Å². The van der Waals surface area contributed by atoms with Gasteiger partial charge in [0.25, 0.3) is 11.8 Å². The van der Waals surface area contributed by atoms with Crippen LogP contribution >= 0.6 is 0 Å². The predicted molar refractivity (Wildman–Crippen MR) is 104 cm³/mol. The zero-order valence-electron chi connectivity index (χ0n) is 16.8. The van der Waals surface area contributed by atoms with Crippen LogP contribution < -0.4 is 4.72 Å². The number of nitrogens with zero attached hydrogens (tertiary/aromatic N) is 1. The molecule has 158 valence electrons. The van der Waals surface area contributed by atoms with Crippen molar-refractivity contribution in [3.63, 3.8) is 0 Å². The summed E-state index contributed by atoms with van der Waals surface area (Å²) in [6, 6.07) is 4.22. The average molecular weight is 424 g/mol. The summed E-state index contributed by atoms with van der Waals surface area (Å²) < 4.78 is 29.1. The predicted octanol–water partition coefficient (Wildman–Crippen LogP) is 1.48. The monoisotopic (exact) mass is 424 g/mol. The second kappa shape index (κ2) is 8.32. The van der Waals surface area contributed by atoms with Gasteiger partial charge in [0.2, 0.25) is 15.9 Å². The molecule has 0 spiro atoms. The first-order valence-electron chi connectivity index (χ1n) is 9.03. The van der Waals surface area contributed by atoms with E-state index in [4.69, 9.17) is 4.74 Å². The van der Waals surface area contributed by atoms with Crippen LogP contribution in [0.3, 0.4) is 0 Å². The number of carbonyl (C=O) groups is 4. The van der Waals surface area contributed by atoms with Crippen LogP contribution in [0.1, 0.15) is 71.1 Å². The Hall–Kier alpha value is -2.75. The molecular weight excluding hydrogens is 400 g/mol. The molecule has 0 radical (unpaired) electrons. The number of hydrogen-bond donors (Lipinski definition) is 1. The van der Waals surface area contributed by atoms with E-state index in [1.165, 1.54) is 18.2 Å². The lowest BCUT2D eigenvalue weighted by Crippen LogP contribution is -2.31. The molecule has 1 aliphatic rings. The quantitative estimate of drug-likeness (QED) is 0.399. The molecule has 2 rings (SSSR count). The lowest BCUT2D eigenvalue weighted by Gasteiger charge is -2.19. The highest BCUT2D eigenvalue weighted by molar-refractivity contribution is 7.89. The Morgan fingerprint density at radius 3 is 2.28 bits per heavy atom. The summed E-state index contributed by atoms with van der Waals surface area (Å²) in [5.41, 5.74) is -0.171. The van der Waals surface area contributed by atoms with E-state index in [9.17, 15) is 27.6 Å². The van der Waals surface area contributed by atoms with Gasteiger partial charge in [-0.1, -0.05) is 0 Å². The Morgan fingerprint density at radius 1 is 1.07 bits per heavy atom. The number of hydrogen-bond acceptors (Lipinski definition) is 7. The fourth-order valence-corrected chi connectivity index (χ4v) is 3.29. The second-order valence-corrected chi connectivity index (χ2v) is 9.53. The summed E-state index contributed by atoms with van der Waals surface area (Å²) in [5, 5.41) is 0. The topological polar surface area (TPSA) is 127 Å². The van der Waals surface area contributed by atoms with E-state index in [0.29, 0.717) is 12.8 Å². The zero-order chi connectivity index (χ0) is 22.0. The highest BCUT2D eigenvalue weighted by Crippen LogP contribution is 2.25. The van der Waals surface area contributed by atoms with Crippen molar-refractivity contribution in [1.82, 2.24) is 9.62 Å². The largest absolute Gasteiger partial charge is 0.456 e. The fraction of sp³-hybridized carbons (Fsp3) is 0.474. The molecule has 1 heterocycles. The molecule has 0 unspecified atom stereocenters. The lowest BCUT2D eigenvalue weighted by molar-refractivity contribution is -0.119. The zero-order valence-corrected chi connectivity index (χ0v) is 17.6. The molecule has 10 heteroatoms. The minimum Gasteiger partial charge on any atom is -0.456 e. The summed E-state index contributed by atoms with van der Waals surface area (Å²) >= 11 is 0. The van der Waals surface area contributed by atoms with E-state index in [2.05, 4.69) is 0 Å². The third-order valence-electron chi connectivity index (χ3n) is 3.94. The van der Waals surface area contributed by atoms with Crippen LogP contribution in [-0.4, -0.2) is 55.4 Å². The Morgan fingerprint density at radius 2 is 1.69 bits per heavy atom. The van der Waals surface area contributed by atoms with Crippen molar-refractivity contribution in [2.45, 2.75) is 45.6 Å². The van der Waals surface area contributed by atoms with Gasteiger partial charge in [0.15, 0.2) is 0 Å². The van der Waals surface area contributed by atoms with Crippen LogP contribution in [0.25, 0.3) is 0 Å². The molecule has 1 aliphatic heterocycles. The number of imide groups is 1. The normalized spacial score (nSPS) is 14.0. The minimum absolute atomic E-state index is 0.0426. The average Bonchev–Trinajstić information content (AvgIpc) is 2.79. The molecule has 0 saturated heterocycles. The molecule has 0 aliphatic carbocycles. The standard InChI is InChI=1S/C19H24N2O7S/c1-19(2,3)28-18(25)12-8-9-13-14(11-12)17(24)21(16(13)23)10-6-5-7-15(22)20-29(4,26)27/h8-9,11H,5-7,10H2,1-4H3,(H,20,22). The number of ether oxygens (including phenoxy) is 1. The fourth-order valence-electron chi connectivity index (χ4n) is 2.77. The maximum Gasteiger partial charge on any atom is 0.338 e. The van der Waals surface area contributed by atoms with Crippen molar-refractivity contribution >= 4 is 33.7 Å². The van der Waals surface area contributed by atoms with Gasteiger partial charge in [0.05, 0.1) is 22.9 Å². The smallest absolute Gasteiger partial charge is 0.338 e. The first kappa shape index (κ1) is 22.5. The van der Waals surface area contributed by atoms with Crippen molar-refractivity contribution in [1.29, 1.82) is 0 Å². The van der Waals surface area contributed by atoms with Crippen LogP contribution in [0.4, 0.5) is 0 Å². The van der Waals surface area contributed by atoms with Crippen molar-refractivity contribution in [3.8, 4) is 0 Å². The molecule has 1 aromatic carbocycles. The van der Waals surface area contributed by atoms with Gasteiger partial charge >= 0.3 is 5.97 Å².